The summed E-state index contributed by atoms with van der Waals surface area (Å²) in [6.07, 6.45) is 0.167. The molecule has 2 aromatic rings. The van der Waals surface area contributed by atoms with Crippen molar-refractivity contribution in [2.75, 3.05) is 23.4 Å². The minimum atomic E-state index is -0.194. The molecule has 0 bridgehead atoms. The number of ether oxygens (including phenoxy) is 1. The fraction of sp³-hybridized carbons (Fsp3) is 0.222. The number of anilines is 2. The van der Waals surface area contributed by atoms with Crippen LogP contribution in [-0.2, 0) is 9.59 Å². The Morgan fingerprint density at radius 3 is 2.88 bits per heavy atom. The molecule has 2 amide bonds. The fourth-order valence-electron chi connectivity index (χ4n) is 2.61. The smallest absolute Gasteiger partial charge is 0.265 e. The van der Waals surface area contributed by atoms with Gasteiger partial charge in [0.2, 0.25) is 5.91 Å². The molecule has 0 atom stereocenters. The number of phenolic OH excluding ortho intramolecular Hbond substituents is 1. The number of carbonyl (C=O) groups excluding carboxylic acids is 2. The van der Waals surface area contributed by atoms with E-state index in [0.717, 1.165) is 5.56 Å². The maximum Gasteiger partial charge on any atom is 0.265 e. The predicted molar refractivity (Wildman–Crippen MR) is 90.4 cm³/mol. The molecule has 6 heteroatoms. The van der Waals surface area contributed by atoms with Gasteiger partial charge >= 0.3 is 0 Å². The first-order chi connectivity index (χ1) is 11.5. The van der Waals surface area contributed by atoms with E-state index in [1.807, 2.05) is 12.1 Å². The lowest BCUT2D eigenvalue weighted by molar-refractivity contribution is -0.121. The van der Waals surface area contributed by atoms with Gasteiger partial charge in [-0.25, -0.2) is 0 Å². The molecule has 0 saturated carbocycles. The van der Waals surface area contributed by atoms with Crippen molar-refractivity contribution >= 4 is 23.2 Å². The molecular weight excluding hydrogens is 308 g/mol. The topological polar surface area (TPSA) is 78.9 Å². The van der Waals surface area contributed by atoms with Gasteiger partial charge in [-0.05, 0) is 42.8 Å². The quantitative estimate of drug-likeness (QED) is 0.846. The summed E-state index contributed by atoms with van der Waals surface area (Å²) >= 11 is 0. The van der Waals surface area contributed by atoms with E-state index >= 15 is 0 Å². The second-order valence-electron chi connectivity index (χ2n) is 5.60. The van der Waals surface area contributed by atoms with E-state index in [4.69, 9.17) is 4.74 Å². The molecule has 124 valence electrons. The molecule has 2 aromatic carbocycles. The number of hydrogen-bond acceptors (Lipinski definition) is 4. The van der Waals surface area contributed by atoms with Crippen molar-refractivity contribution in [2.24, 2.45) is 0 Å². The summed E-state index contributed by atoms with van der Waals surface area (Å²) < 4.78 is 5.38. The summed E-state index contributed by atoms with van der Waals surface area (Å²) in [5.74, 6) is 0.441. The summed E-state index contributed by atoms with van der Waals surface area (Å²) in [5.41, 5.74) is 2.10. The van der Waals surface area contributed by atoms with Crippen molar-refractivity contribution in [2.45, 2.75) is 13.3 Å². The van der Waals surface area contributed by atoms with E-state index in [9.17, 15) is 14.7 Å². The lowest BCUT2D eigenvalue weighted by Crippen LogP contribution is -2.40. The molecule has 0 unspecified atom stereocenters. The number of para-hydroxylation sites is 2. The van der Waals surface area contributed by atoms with Gasteiger partial charge in [0.25, 0.3) is 5.91 Å². The molecular formula is C18H18N2O4. The molecule has 0 aliphatic carbocycles. The number of amides is 2. The fourth-order valence-corrected chi connectivity index (χ4v) is 2.61. The van der Waals surface area contributed by atoms with E-state index in [1.54, 1.807) is 36.1 Å². The van der Waals surface area contributed by atoms with Crippen LogP contribution in [0.3, 0.4) is 0 Å². The number of aryl methyl sites for hydroxylation is 1. The van der Waals surface area contributed by atoms with Gasteiger partial charge in [0.1, 0.15) is 11.5 Å². The molecule has 24 heavy (non-hydrogen) atoms. The van der Waals surface area contributed by atoms with E-state index in [1.165, 1.54) is 6.07 Å². The largest absolute Gasteiger partial charge is 0.508 e. The number of rotatable bonds is 4. The average Bonchev–Trinajstić information content (AvgIpc) is 2.56. The van der Waals surface area contributed by atoms with E-state index in [-0.39, 0.29) is 37.1 Å². The third kappa shape index (κ3) is 3.32. The molecule has 3 rings (SSSR count). The maximum absolute atomic E-state index is 12.2. The Morgan fingerprint density at radius 1 is 1.29 bits per heavy atom. The number of hydrogen-bond donors (Lipinski definition) is 2. The van der Waals surface area contributed by atoms with Gasteiger partial charge in [0.05, 0.1) is 5.69 Å². The van der Waals surface area contributed by atoms with Crippen LogP contribution in [-0.4, -0.2) is 30.1 Å². The zero-order valence-electron chi connectivity index (χ0n) is 13.3. The number of benzene rings is 2. The summed E-state index contributed by atoms with van der Waals surface area (Å²) in [6.45, 7) is 2.06. The Bertz CT molecular complexity index is 788. The van der Waals surface area contributed by atoms with Crippen molar-refractivity contribution in [1.29, 1.82) is 0 Å². The third-order valence-corrected chi connectivity index (χ3v) is 3.85. The van der Waals surface area contributed by atoms with Crippen LogP contribution in [0.5, 0.6) is 11.5 Å². The van der Waals surface area contributed by atoms with Crippen LogP contribution >= 0.6 is 0 Å². The van der Waals surface area contributed by atoms with Crippen molar-refractivity contribution in [3.63, 3.8) is 0 Å². The van der Waals surface area contributed by atoms with Crippen LogP contribution in [0.4, 0.5) is 11.4 Å². The molecule has 0 radical (unpaired) electrons. The molecule has 0 saturated heterocycles. The predicted octanol–water partition coefficient (Wildman–Crippen LogP) is 2.45. The molecule has 1 aliphatic heterocycles. The van der Waals surface area contributed by atoms with Gasteiger partial charge in [0.15, 0.2) is 6.61 Å². The highest BCUT2D eigenvalue weighted by molar-refractivity contribution is 5.99. The lowest BCUT2D eigenvalue weighted by Gasteiger charge is -2.29. The zero-order valence-corrected chi connectivity index (χ0v) is 13.3. The number of aromatic hydroxyl groups is 1. The average molecular weight is 326 g/mol. The first-order valence-corrected chi connectivity index (χ1v) is 7.66. The zero-order chi connectivity index (χ0) is 17.1. The van der Waals surface area contributed by atoms with Crippen LogP contribution in [0.2, 0.25) is 0 Å². The van der Waals surface area contributed by atoms with Gasteiger partial charge < -0.3 is 20.1 Å². The normalized spacial score (nSPS) is 13.2. The Kier molecular flexibility index (Phi) is 4.37. The van der Waals surface area contributed by atoms with Crippen molar-refractivity contribution < 1.29 is 19.4 Å². The molecule has 1 heterocycles. The second kappa shape index (κ2) is 6.62. The highest BCUT2D eigenvalue weighted by Crippen LogP contribution is 2.31. The summed E-state index contributed by atoms with van der Waals surface area (Å²) in [4.78, 5) is 25.8. The van der Waals surface area contributed by atoms with Crippen LogP contribution in [0, 0.1) is 6.92 Å². The van der Waals surface area contributed by atoms with Crippen molar-refractivity contribution in [3.05, 3.63) is 48.0 Å². The highest BCUT2D eigenvalue weighted by atomic mass is 16.5. The summed E-state index contributed by atoms with van der Waals surface area (Å²) in [6, 6.07) is 12.0. The van der Waals surface area contributed by atoms with Crippen molar-refractivity contribution in [3.8, 4) is 11.5 Å². The molecule has 0 aromatic heterocycles. The summed E-state index contributed by atoms with van der Waals surface area (Å²) in [7, 11) is 0. The Morgan fingerprint density at radius 2 is 2.08 bits per heavy atom. The Hall–Kier alpha value is -3.02. The van der Waals surface area contributed by atoms with Gasteiger partial charge in [-0.1, -0.05) is 12.1 Å². The molecule has 1 aliphatic rings. The first kappa shape index (κ1) is 15.9. The first-order valence-electron chi connectivity index (χ1n) is 7.66. The van der Waals surface area contributed by atoms with E-state index in [2.05, 4.69) is 5.32 Å². The van der Waals surface area contributed by atoms with Crippen LogP contribution < -0.4 is 15.0 Å². The molecule has 2 N–H and O–H groups in total. The standard InChI is InChI=1S/C18H18N2O4/c1-12-10-13(21)6-7-14(12)19-17(22)8-9-20-15-4-2-3-5-16(15)24-11-18(20)23/h2-7,10,21H,8-9,11H2,1H3,(H,19,22). The monoisotopic (exact) mass is 326 g/mol. The number of nitrogens with one attached hydrogen (secondary N) is 1. The SMILES string of the molecule is Cc1cc(O)ccc1NC(=O)CCN1C(=O)COc2ccccc21. The molecule has 0 spiro atoms. The number of carbonyl (C=O) groups is 2. The van der Waals surface area contributed by atoms with Gasteiger partial charge in [0, 0.05) is 18.7 Å². The lowest BCUT2D eigenvalue weighted by atomic mass is 10.2. The minimum absolute atomic E-state index is 0.0182. The second-order valence-corrected chi connectivity index (χ2v) is 5.60. The number of phenols is 1. The summed E-state index contributed by atoms with van der Waals surface area (Å²) in [5, 5.41) is 12.2. The molecule has 6 nitrogen and oxygen atoms in total. The van der Waals surface area contributed by atoms with E-state index in [0.29, 0.717) is 17.1 Å². The maximum atomic E-state index is 12.2. The van der Waals surface area contributed by atoms with Crippen LogP contribution in [0.1, 0.15) is 12.0 Å². The van der Waals surface area contributed by atoms with Gasteiger partial charge in [-0.3, -0.25) is 9.59 Å². The number of nitrogens with zero attached hydrogens (tertiary/aromatic N) is 1. The Labute approximate surface area is 139 Å². The third-order valence-electron chi connectivity index (χ3n) is 3.85. The van der Waals surface area contributed by atoms with Crippen LogP contribution in [0.25, 0.3) is 0 Å². The van der Waals surface area contributed by atoms with E-state index < -0.39 is 0 Å². The van der Waals surface area contributed by atoms with Gasteiger partial charge in [-0.15, -0.1) is 0 Å². The van der Waals surface area contributed by atoms with Crippen molar-refractivity contribution in [1.82, 2.24) is 0 Å². The minimum Gasteiger partial charge on any atom is -0.508 e. The molecule has 0 fully saturated rings. The van der Waals surface area contributed by atoms with Gasteiger partial charge in [-0.2, -0.15) is 0 Å². The van der Waals surface area contributed by atoms with Crippen LogP contribution in [0.15, 0.2) is 42.5 Å². The number of fused-ring (bicyclic) bond motifs is 1. The highest BCUT2D eigenvalue weighted by Gasteiger charge is 2.25. The Balaban J connectivity index is 1.65.